The number of benzene rings is 2. The number of hydrogen-bond acceptors (Lipinski definition) is 6. The van der Waals surface area contributed by atoms with Crippen molar-refractivity contribution in [3.63, 3.8) is 0 Å². The second-order valence-electron chi connectivity index (χ2n) is 8.60. The Labute approximate surface area is 196 Å². The van der Waals surface area contributed by atoms with Gasteiger partial charge in [0, 0.05) is 44.0 Å². The number of methoxy groups -OCH3 is 1. The van der Waals surface area contributed by atoms with Crippen LogP contribution < -0.4 is 10.0 Å². The van der Waals surface area contributed by atoms with Crippen LogP contribution in [-0.2, 0) is 26.0 Å². The molecule has 0 saturated carbocycles. The first kappa shape index (κ1) is 25.3. The molecule has 3 rings (SSSR count). The second-order valence-corrected chi connectivity index (χ2v) is 10.3. The average Bonchev–Trinajstić information content (AvgIpc) is 2.73. The van der Waals surface area contributed by atoms with Crippen molar-refractivity contribution in [1.82, 2.24) is 9.62 Å². The van der Waals surface area contributed by atoms with Gasteiger partial charge in [-0.1, -0.05) is 12.1 Å². The third-order valence-electron chi connectivity index (χ3n) is 5.31. The van der Waals surface area contributed by atoms with Crippen LogP contribution in [0.3, 0.4) is 0 Å². The molecule has 9 heteroatoms. The molecule has 1 fully saturated rings. The first-order chi connectivity index (χ1) is 15.7. The van der Waals surface area contributed by atoms with Gasteiger partial charge >= 0.3 is 0 Å². The zero-order valence-corrected chi connectivity index (χ0v) is 20.4. The molecule has 1 amide bonds. The Kier molecular flexibility index (Phi) is 8.61. The number of amides is 1. The van der Waals surface area contributed by atoms with Gasteiger partial charge in [0.2, 0.25) is 10.0 Å². The molecular formula is C24H33N3O5S. The summed E-state index contributed by atoms with van der Waals surface area (Å²) < 4.78 is 38.1. The fourth-order valence-corrected chi connectivity index (χ4v) is 5.20. The van der Waals surface area contributed by atoms with Crippen LogP contribution in [0, 0.1) is 0 Å². The number of carbonyl (C=O) groups excluding carboxylic acids is 1. The summed E-state index contributed by atoms with van der Waals surface area (Å²) in [6.07, 6.45) is 0.425. The van der Waals surface area contributed by atoms with E-state index in [-0.39, 0.29) is 35.7 Å². The second kappa shape index (κ2) is 11.2. The molecule has 33 heavy (non-hydrogen) atoms. The molecule has 8 nitrogen and oxygen atoms in total. The summed E-state index contributed by atoms with van der Waals surface area (Å²) >= 11 is 0. The van der Waals surface area contributed by atoms with Crippen LogP contribution in [0.25, 0.3) is 0 Å². The number of nitrogens with one attached hydrogen (secondary N) is 2. The van der Waals surface area contributed by atoms with Gasteiger partial charge in [-0.2, -0.15) is 0 Å². The minimum absolute atomic E-state index is 0.125. The molecule has 3 atom stereocenters. The van der Waals surface area contributed by atoms with E-state index in [9.17, 15) is 13.2 Å². The molecule has 0 radical (unpaired) electrons. The zero-order chi connectivity index (χ0) is 24.0. The van der Waals surface area contributed by atoms with E-state index >= 15 is 0 Å². The van der Waals surface area contributed by atoms with Gasteiger partial charge in [0.1, 0.15) is 0 Å². The van der Waals surface area contributed by atoms with Crippen molar-refractivity contribution in [2.45, 2.75) is 50.5 Å². The van der Waals surface area contributed by atoms with Gasteiger partial charge in [-0.25, -0.2) is 13.1 Å². The topological polar surface area (TPSA) is 97.0 Å². The van der Waals surface area contributed by atoms with Crippen molar-refractivity contribution in [2.24, 2.45) is 0 Å². The first-order valence-corrected chi connectivity index (χ1v) is 12.5. The van der Waals surface area contributed by atoms with Crippen molar-refractivity contribution >= 4 is 21.6 Å². The number of rotatable bonds is 9. The lowest BCUT2D eigenvalue weighted by molar-refractivity contribution is -0.0704. The average molecular weight is 476 g/mol. The lowest BCUT2D eigenvalue weighted by Crippen LogP contribution is -2.44. The van der Waals surface area contributed by atoms with Crippen molar-refractivity contribution in [3.8, 4) is 0 Å². The number of morpholine rings is 1. The number of hydrogen-bond donors (Lipinski definition) is 2. The van der Waals surface area contributed by atoms with Crippen LogP contribution in [-0.4, -0.2) is 64.3 Å². The molecule has 0 bridgehead atoms. The van der Waals surface area contributed by atoms with E-state index < -0.39 is 10.0 Å². The smallest absolute Gasteiger partial charge is 0.255 e. The highest BCUT2D eigenvalue weighted by Gasteiger charge is 2.22. The fourth-order valence-electron chi connectivity index (χ4n) is 3.97. The molecule has 2 aromatic rings. The highest BCUT2D eigenvalue weighted by molar-refractivity contribution is 7.89. The van der Waals surface area contributed by atoms with Crippen molar-refractivity contribution < 1.29 is 22.7 Å². The Bertz CT molecular complexity index is 1020. The number of ether oxygens (including phenoxy) is 2. The monoisotopic (exact) mass is 475 g/mol. The predicted molar refractivity (Wildman–Crippen MR) is 128 cm³/mol. The maximum Gasteiger partial charge on any atom is 0.255 e. The zero-order valence-electron chi connectivity index (χ0n) is 19.6. The summed E-state index contributed by atoms with van der Waals surface area (Å²) in [5, 5.41) is 2.81. The third-order valence-corrected chi connectivity index (χ3v) is 6.92. The highest BCUT2D eigenvalue weighted by Crippen LogP contribution is 2.17. The Morgan fingerprint density at radius 2 is 1.70 bits per heavy atom. The van der Waals surface area contributed by atoms with E-state index in [0.717, 1.165) is 25.2 Å². The lowest BCUT2D eigenvalue weighted by Gasteiger charge is -2.35. The first-order valence-electron chi connectivity index (χ1n) is 11.1. The quantitative estimate of drug-likeness (QED) is 0.579. The SMILES string of the molecule is COCC(C)NS(=O)(=O)c1ccc(NC(=O)c2ccc(CN3CC(C)OC(C)C3)cc2)cc1. The highest BCUT2D eigenvalue weighted by atomic mass is 32.2. The van der Waals surface area contributed by atoms with Gasteiger partial charge in [-0.15, -0.1) is 0 Å². The third kappa shape index (κ3) is 7.35. The summed E-state index contributed by atoms with van der Waals surface area (Å²) in [5.74, 6) is -0.252. The van der Waals surface area contributed by atoms with E-state index in [2.05, 4.69) is 28.8 Å². The lowest BCUT2D eigenvalue weighted by atomic mass is 10.1. The maximum absolute atomic E-state index is 12.6. The standard InChI is InChI=1S/C24H33N3O5S/c1-17(16-31-4)26-33(29,30)23-11-9-22(10-12-23)25-24(28)21-7-5-20(6-8-21)15-27-13-18(2)32-19(3)14-27/h5-12,17-19,26H,13-16H2,1-4H3,(H,25,28). The van der Waals surface area contributed by atoms with Gasteiger partial charge in [-0.05, 0) is 62.7 Å². The molecule has 1 heterocycles. The minimum atomic E-state index is -3.66. The molecule has 180 valence electrons. The summed E-state index contributed by atoms with van der Waals surface area (Å²) in [5.41, 5.74) is 2.19. The van der Waals surface area contributed by atoms with Crippen LogP contribution in [0.1, 0.15) is 36.7 Å². The molecular weight excluding hydrogens is 442 g/mol. The Morgan fingerprint density at radius 3 is 2.27 bits per heavy atom. The van der Waals surface area contributed by atoms with Crippen LogP contribution in [0.4, 0.5) is 5.69 Å². The molecule has 0 aliphatic carbocycles. The van der Waals surface area contributed by atoms with Gasteiger partial charge in [0.05, 0.1) is 23.7 Å². The van der Waals surface area contributed by atoms with E-state index in [0.29, 0.717) is 11.3 Å². The molecule has 2 N–H and O–H groups in total. The minimum Gasteiger partial charge on any atom is -0.383 e. The van der Waals surface area contributed by atoms with Crippen LogP contribution in [0.5, 0.6) is 0 Å². The van der Waals surface area contributed by atoms with Gasteiger partial charge < -0.3 is 14.8 Å². The molecule has 2 aromatic carbocycles. The summed E-state index contributed by atoms with van der Waals surface area (Å²) in [6.45, 7) is 8.75. The van der Waals surface area contributed by atoms with Crippen molar-refractivity contribution in [3.05, 3.63) is 59.7 Å². The van der Waals surface area contributed by atoms with Gasteiger partial charge in [-0.3, -0.25) is 9.69 Å². The molecule has 1 saturated heterocycles. The van der Waals surface area contributed by atoms with Crippen LogP contribution in [0.15, 0.2) is 53.4 Å². The van der Waals surface area contributed by atoms with Crippen LogP contribution >= 0.6 is 0 Å². The predicted octanol–water partition coefficient (Wildman–Crippen LogP) is 2.86. The van der Waals surface area contributed by atoms with E-state index in [1.165, 1.54) is 19.2 Å². The largest absolute Gasteiger partial charge is 0.383 e. The molecule has 0 aromatic heterocycles. The Balaban J connectivity index is 1.57. The molecule has 0 spiro atoms. The summed E-state index contributed by atoms with van der Waals surface area (Å²) in [6, 6.07) is 13.2. The summed E-state index contributed by atoms with van der Waals surface area (Å²) in [4.78, 5) is 15.1. The van der Waals surface area contributed by atoms with Crippen LogP contribution in [0.2, 0.25) is 0 Å². The van der Waals surface area contributed by atoms with Crippen molar-refractivity contribution in [1.29, 1.82) is 0 Å². The van der Waals surface area contributed by atoms with Gasteiger partial charge in [0.15, 0.2) is 0 Å². The van der Waals surface area contributed by atoms with E-state index in [4.69, 9.17) is 9.47 Å². The number of anilines is 1. The number of nitrogens with zero attached hydrogens (tertiary/aromatic N) is 1. The normalized spacial score (nSPS) is 20.4. The molecule has 1 aliphatic heterocycles. The molecule has 1 aliphatic rings. The Morgan fingerprint density at radius 1 is 1.09 bits per heavy atom. The van der Waals surface area contributed by atoms with Gasteiger partial charge in [0.25, 0.3) is 5.91 Å². The number of carbonyl (C=O) groups is 1. The summed E-state index contributed by atoms with van der Waals surface area (Å²) in [7, 11) is -2.14. The number of sulfonamides is 1. The fraction of sp³-hybridized carbons (Fsp3) is 0.458. The van der Waals surface area contributed by atoms with Crippen molar-refractivity contribution in [2.75, 3.05) is 32.1 Å². The van der Waals surface area contributed by atoms with E-state index in [1.54, 1.807) is 31.2 Å². The molecule has 3 unspecified atom stereocenters. The maximum atomic E-state index is 12.6. The Hall–Kier alpha value is -2.30. The van der Waals surface area contributed by atoms with E-state index in [1.807, 2.05) is 12.1 Å².